The molecular formula is C27H38ClN5O5Si. The van der Waals surface area contributed by atoms with E-state index in [4.69, 9.17) is 30.5 Å². The summed E-state index contributed by atoms with van der Waals surface area (Å²) in [4.78, 5) is 20.4. The highest BCUT2D eigenvalue weighted by Crippen LogP contribution is 2.28. The molecule has 39 heavy (non-hydrogen) atoms. The van der Waals surface area contributed by atoms with Crippen LogP contribution in [0.3, 0.4) is 0 Å². The fraction of sp³-hybridized carbons (Fsp3) is 0.519. The number of halogens is 1. The summed E-state index contributed by atoms with van der Waals surface area (Å²) in [5, 5.41) is 14.4. The third-order valence-electron chi connectivity index (χ3n) is 6.05. The maximum absolute atomic E-state index is 11.4. The molecule has 2 bridgehead atoms. The van der Waals surface area contributed by atoms with Crippen LogP contribution in [0.5, 0.6) is 11.9 Å². The lowest BCUT2D eigenvalue weighted by Gasteiger charge is -2.20. The Hall–Kier alpha value is -3.02. The Bertz CT molecular complexity index is 1300. The van der Waals surface area contributed by atoms with E-state index in [1.54, 1.807) is 30.8 Å². The molecule has 0 aromatic carbocycles. The van der Waals surface area contributed by atoms with Crippen LogP contribution in [0.1, 0.15) is 51.6 Å². The highest BCUT2D eigenvalue weighted by molar-refractivity contribution is 6.77. The largest absolute Gasteiger partial charge is 0.481 e. The van der Waals surface area contributed by atoms with Crippen molar-refractivity contribution in [2.75, 3.05) is 13.2 Å². The molecule has 0 atom stereocenters. The van der Waals surface area contributed by atoms with Gasteiger partial charge in [0.05, 0.1) is 16.6 Å². The van der Waals surface area contributed by atoms with Crippen molar-refractivity contribution in [1.29, 1.82) is 0 Å². The van der Waals surface area contributed by atoms with E-state index in [0.29, 0.717) is 35.1 Å². The van der Waals surface area contributed by atoms with Gasteiger partial charge in [0.2, 0.25) is 11.7 Å². The van der Waals surface area contributed by atoms with Crippen molar-refractivity contribution < 1.29 is 24.1 Å². The minimum atomic E-state index is -2.10. The number of carbonyl (C=O) groups is 1. The number of hydrogen-bond donors (Lipinski definition) is 1. The molecule has 0 radical (unpaired) electrons. The summed E-state index contributed by atoms with van der Waals surface area (Å²) in [5.41, 5.74) is 2.08. The van der Waals surface area contributed by atoms with Crippen LogP contribution in [-0.2, 0) is 16.3 Å². The lowest BCUT2D eigenvalue weighted by atomic mass is 9.95. The first-order valence-electron chi connectivity index (χ1n) is 12.9. The summed E-state index contributed by atoms with van der Waals surface area (Å²) in [5.74, 6) is -0.195. The van der Waals surface area contributed by atoms with Crippen molar-refractivity contribution in [3.63, 3.8) is 0 Å². The standard InChI is InChI=1S/C27H38ClN5O5Si/c1-9-19(20-14-29-22(12-18(20)4)37-15-27(5,6)25(34)35)13-21(28)23-24-30-26(38-17(2)3)33(31-24)16-36-10-11-39(7,8)32-23/h9,12-14,17H,10-11,15-16H2,1-8H3,(H,34,35)/b19-9+,21-13+,32-23?. The van der Waals surface area contributed by atoms with E-state index in [9.17, 15) is 9.90 Å². The Balaban J connectivity index is 1.97. The van der Waals surface area contributed by atoms with E-state index in [-0.39, 0.29) is 19.4 Å². The number of aromatic nitrogens is 4. The van der Waals surface area contributed by atoms with Gasteiger partial charge in [-0.05, 0) is 77.9 Å². The van der Waals surface area contributed by atoms with Gasteiger partial charge in [0, 0.05) is 24.4 Å². The molecule has 1 aliphatic heterocycles. The summed E-state index contributed by atoms with van der Waals surface area (Å²) in [7, 11) is -2.10. The molecule has 1 aliphatic rings. The molecule has 1 N–H and O–H groups in total. The lowest BCUT2D eigenvalue weighted by molar-refractivity contribution is -0.148. The number of aryl methyl sites for hydroxylation is 1. The molecule has 3 rings (SSSR count). The maximum atomic E-state index is 11.4. The van der Waals surface area contributed by atoms with Crippen molar-refractivity contribution in [3.8, 4) is 11.9 Å². The average molecular weight is 576 g/mol. The van der Waals surface area contributed by atoms with Gasteiger partial charge in [-0.25, -0.2) is 4.98 Å². The topological polar surface area (TPSA) is 121 Å². The highest BCUT2D eigenvalue weighted by atomic mass is 35.5. The minimum absolute atomic E-state index is 0.00300. The third-order valence-corrected chi connectivity index (χ3v) is 8.60. The normalized spacial score (nSPS) is 16.6. The Morgan fingerprint density at radius 1 is 1.36 bits per heavy atom. The number of nitrogens with zero attached hydrogens (tertiary/aromatic N) is 5. The second-order valence-corrected chi connectivity index (χ2v) is 15.8. The van der Waals surface area contributed by atoms with Gasteiger partial charge in [0.1, 0.15) is 19.0 Å². The summed E-state index contributed by atoms with van der Waals surface area (Å²) >= 11 is 6.96. The molecule has 212 valence electrons. The zero-order valence-corrected chi connectivity index (χ0v) is 25.7. The Morgan fingerprint density at radius 2 is 2.08 bits per heavy atom. The second kappa shape index (κ2) is 12.4. The smallest absolute Gasteiger partial charge is 0.317 e. The van der Waals surface area contributed by atoms with Crippen LogP contribution in [-0.4, -0.2) is 64.1 Å². The third kappa shape index (κ3) is 7.99. The molecule has 0 aliphatic carbocycles. The lowest BCUT2D eigenvalue weighted by Crippen LogP contribution is -2.30. The van der Waals surface area contributed by atoms with E-state index >= 15 is 0 Å². The van der Waals surface area contributed by atoms with E-state index in [1.807, 2.05) is 39.8 Å². The first kappa shape index (κ1) is 30.5. The minimum Gasteiger partial charge on any atom is -0.481 e. The Kier molecular flexibility index (Phi) is 9.73. The first-order chi connectivity index (χ1) is 18.2. The van der Waals surface area contributed by atoms with Gasteiger partial charge >= 0.3 is 12.0 Å². The summed E-state index contributed by atoms with van der Waals surface area (Å²) in [6, 6.07) is 2.96. The van der Waals surface area contributed by atoms with Crippen LogP contribution in [0.2, 0.25) is 19.1 Å². The van der Waals surface area contributed by atoms with Crippen molar-refractivity contribution in [2.24, 2.45) is 10.1 Å². The fourth-order valence-electron chi connectivity index (χ4n) is 3.60. The second-order valence-electron chi connectivity index (χ2n) is 11.0. The number of rotatable bonds is 9. The monoisotopic (exact) mass is 575 g/mol. The zero-order valence-electron chi connectivity index (χ0n) is 23.9. The van der Waals surface area contributed by atoms with Crippen LogP contribution in [0.25, 0.3) is 5.57 Å². The number of allylic oxidation sites excluding steroid dienone is 4. The maximum Gasteiger partial charge on any atom is 0.317 e. The molecule has 0 fully saturated rings. The van der Waals surface area contributed by atoms with Gasteiger partial charge < -0.3 is 24.0 Å². The summed E-state index contributed by atoms with van der Waals surface area (Å²) in [6.07, 6.45) is 5.39. The molecule has 0 amide bonds. The van der Waals surface area contributed by atoms with Gasteiger partial charge in [-0.15, -0.1) is 5.10 Å². The number of hydrogen-bond acceptors (Lipinski definition) is 8. The van der Waals surface area contributed by atoms with Crippen molar-refractivity contribution in [3.05, 3.63) is 46.4 Å². The van der Waals surface area contributed by atoms with Gasteiger partial charge in [-0.3, -0.25) is 4.79 Å². The molecule has 10 nitrogen and oxygen atoms in total. The summed E-state index contributed by atoms with van der Waals surface area (Å²) in [6.45, 7) is 16.0. The number of carboxylic acids is 1. The van der Waals surface area contributed by atoms with E-state index in [1.165, 1.54) is 0 Å². The predicted octanol–water partition coefficient (Wildman–Crippen LogP) is 5.47. The predicted molar refractivity (Wildman–Crippen MR) is 154 cm³/mol. The first-order valence-corrected chi connectivity index (χ1v) is 16.4. The van der Waals surface area contributed by atoms with Crippen LogP contribution in [0.15, 0.2) is 34.1 Å². The fourth-order valence-corrected chi connectivity index (χ4v) is 5.50. The Labute approximate surface area is 235 Å². The van der Waals surface area contributed by atoms with E-state index in [0.717, 1.165) is 22.7 Å². The molecule has 2 aromatic rings. The van der Waals surface area contributed by atoms with Gasteiger partial charge in [0.25, 0.3) is 0 Å². The molecule has 0 saturated carbocycles. The van der Waals surface area contributed by atoms with Gasteiger partial charge in [-0.1, -0.05) is 17.7 Å². The number of aliphatic carboxylic acids is 1. The average Bonchev–Trinajstić information content (AvgIpc) is 3.23. The molecule has 0 unspecified atom stereocenters. The molecule has 3 heterocycles. The molecule has 12 heteroatoms. The van der Waals surface area contributed by atoms with E-state index < -0.39 is 19.6 Å². The van der Waals surface area contributed by atoms with Crippen molar-refractivity contribution in [1.82, 2.24) is 19.7 Å². The molecular weight excluding hydrogens is 538 g/mol. The van der Waals surface area contributed by atoms with Crippen molar-refractivity contribution >= 4 is 37.1 Å². The van der Waals surface area contributed by atoms with E-state index in [2.05, 4.69) is 28.2 Å². The Morgan fingerprint density at radius 3 is 2.69 bits per heavy atom. The molecule has 0 spiro atoms. The zero-order chi connectivity index (χ0) is 29.0. The summed E-state index contributed by atoms with van der Waals surface area (Å²) < 4.78 is 24.0. The SMILES string of the molecule is C/C=C(\C=C(\Cl)C1=N[Si](C)(C)CCOCn2nc1nc2OC(C)C)c1cnc(OCC(C)(C)C(=O)O)cc1C. The van der Waals surface area contributed by atoms with Crippen LogP contribution in [0.4, 0.5) is 0 Å². The molecule has 2 aromatic heterocycles. The number of pyridine rings is 1. The van der Waals surface area contributed by atoms with Crippen LogP contribution < -0.4 is 9.47 Å². The van der Waals surface area contributed by atoms with Gasteiger partial charge in [-0.2, -0.15) is 9.67 Å². The number of carboxylic acid groups (broad SMARTS) is 1. The van der Waals surface area contributed by atoms with Gasteiger partial charge in [0.15, 0.2) is 8.24 Å². The van der Waals surface area contributed by atoms with Crippen molar-refractivity contribution in [2.45, 2.75) is 73.5 Å². The highest BCUT2D eigenvalue weighted by Gasteiger charge is 2.29. The molecule has 0 saturated heterocycles. The van der Waals surface area contributed by atoms with Crippen LogP contribution in [0, 0.1) is 12.3 Å². The van der Waals surface area contributed by atoms with Crippen LogP contribution >= 0.6 is 11.6 Å². The quantitative estimate of drug-likeness (QED) is 0.309. The number of fused-ring (bicyclic) bond motifs is 2. The number of ether oxygens (including phenoxy) is 3.